The van der Waals surface area contributed by atoms with Gasteiger partial charge in [-0.3, -0.25) is 0 Å². The number of nitrogens with one attached hydrogen (secondary N) is 3. The van der Waals surface area contributed by atoms with Gasteiger partial charge in [-0.05, 0) is 37.0 Å². The van der Waals surface area contributed by atoms with Crippen molar-refractivity contribution in [2.24, 2.45) is 0 Å². The number of hydrogen-bond donors (Lipinski definition) is 3. The number of benzene rings is 2. The molecular formula is C28H35N7O. The molecule has 3 heterocycles. The number of fused-ring (bicyclic) bond motifs is 2. The van der Waals surface area contributed by atoms with Gasteiger partial charge in [0.1, 0.15) is 12.4 Å². The van der Waals surface area contributed by atoms with E-state index in [1.807, 2.05) is 6.92 Å². The van der Waals surface area contributed by atoms with Crippen molar-refractivity contribution in [2.75, 3.05) is 48.3 Å². The van der Waals surface area contributed by atoms with Crippen LogP contribution in [-0.4, -0.2) is 53.7 Å². The second kappa shape index (κ2) is 11.4. The predicted molar refractivity (Wildman–Crippen MR) is 145 cm³/mol. The van der Waals surface area contributed by atoms with Crippen LogP contribution in [0.1, 0.15) is 42.4 Å². The van der Waals surface area contributed by atoms with Crippen LogP contribution >= 0.6 is 0 Å². The van der Waals surface area contributed by atoms with Crippen molar-refractivity contribution < 1.29 is 4.74 Å². The van der Waals surface area contributed by atoms with Crippen LogP contribution in [0.2, 0.25) is 0 Å². The highest BCUT2D eigenvalue weighted by Gasteiger charge is 2.27. The first-order valence-corrected chi connectivity index (χ1v) is 12.9. The highest BCUT2D eigenvalue weighted by Crippen LogP contribution is 2.37. The lowest BCUT2D eigenvalue weighted by molar-refractivity contribution is 0.306. The maximum absolute atomic E-state index is 6.15. The van der Waals surface area contributed by atoms with E-state index in [1.165, 1.54) is 16.7 Å². The monoisotopic (exact) mass is 485 g/mol. The summed E-state index contributed by atoms with van der Waals surface area (Å²) < 4.78 is 6.15. The van der Waals surface area contributed by atoms with Gasteiger partial charge < -0.3 is 25.6 Å². The minimum Gasteiger partial charge on any atom is -0.489 e. The molecule has 1 fully saturated rings. The molecule has 0 spiro atoms. The first-order valence-electron chi connectivity index (χ1n) is 12.9. The van der Waals surface area contributed by atoms with Gasteiger partial charge in [0.25, 0.3) is 0 Å². The number of rotatable bonds is 9. The minimum absolute atomic E-state index is 0.266. The number of nitrogens with zero attached hydrogens (tertiary/aromatic N) is 4. The smallest absolute Gasteiger partial charge is 0.231 e. The van der Waals surface area contributed by atoms with E-state index in [-0.39, 0.29) is 5.92 Å². The van der Waals surface area contributed by atoms with Crippen LogP contribution in [0.15, 0.2) is 61.2 Å². The molecule has 8 nitrogen and oxygen atoms in total. The van der Waals surface area contributed by atoms with Crippen LogP contribution in [0.5, 0.6) is 5.75 Å². The van der Waals surface area contributed by atoms with E-state index in [1.54, 1.807) is 6.08 Å². The molecule has 3 N–H and O–H groups in total. The van der Waals surface area contributed by atoms with Gasteiger partial charge in [0.05, 0.1) is 0 Å². The first kappa shape index (κ1) is 24.1. The van der Waals surface area contributed by atoms with Crippen molar-refractivity contribution in [1.29, 1.82) is 0 Å². The van der Waals surface area contributed by atoms with Gasteiger partial charge in [0.2, 0.25) is 17.8 Å². The fraction of sp³-hybridized carbons (Fsp3) is 0.393. The molecule has 2 aromatic carbocycles. The zero-order valence-electron chi connectivity index (χ0n) is 20.9. The Morgan fingerprint density at radius 2 is 1.69 bits per heavy atom. The average Bonchev–Trinajstić information content (AvgIpc) is 3.08. The van der Waals surface area contributed by atoms with E-state index < -0.39 is 0 Å². The van der Waals surface area contributed by atoms with Crippen LogP contribution in [0.4, 0.5) is 17.8 Å². The molecule has 2 aliphatic rings. The second-order valence-electron chi connectivity index (χ2n) is 9.23. The Morgan fingerprint density at radius 1 is 0.972 bits per heavy atom. The first-order chi connectivity index (χ1) is 17.7. The van der Waals surface area contributed by atoms with Crippen LogP contribution in [0.25, 0.3) is 0 Å². The molecule has 2 aliphatic heterocycles. The molecule has 0 bridgehead atoms. The lowest BCUT2D eigenvalue weighted by atomic mass is 9.88. The molecule has 8 heteroatoms. The summed E-state index contributed by atoms with van der Waals surface area (Å²) in [6, 6.07) is 17.5. The van der Waals surface area contributed by atoms with Gasteiger partial charge in [0, 0.05) is 50.2 Å². The molecule has 0 radical (unpaired) electrons. The molecule has 0 amide bonds. The SMILES string of the molecule is C=CCNc1nc(NCC)nc(N2CCC(NCC3c4ccccc4COc4ccccc43)CC2)n1. The van der Waals surface area contributed by atoms with Crippen molar-refractivity contribution >= 4 is 17.8 Å². The van der Waals surface area contributed by atoms with Crippen molar-refractivity contribution in [3.8, 4) is 5.75 Å². The quantitative estimate of drug-likeness (QED) is 0.389. The van der Waals surface area contributed by atoms with Crippen LogP contribution < -0.4 is 25.6 Å². The Kier molecular flexibility index (Phi) is 7.61. The zero-order valence-corrected chi connectivity index (χ0v) is 20.9. The molecule has 0 aliphatic carbocycles. The van der Waals surface area contributed by atoms with Crippen molar-refractivity contribution in [2.45, 2.75) is 38.3 Å². The third kappa shape index (κ3) is 5.44. The summed E-state index contributed by atoms with van der Waals surface area (Å²) in [5.74, 6) is 3.14. The Hall–Kier alpha value is -3.65. The number of piperidine rings is 1. The zero-order chi connectivity index (χ0) is 24.7. The molecule has 0 saturated carbocycles. The van der Waals surface area contributed by atoms with Crippen molar-refractivity contribution in [3.63, 3.8) is 0 Å². The van der Waals surface area contributed by atoms with Gasteiger partial charge in [-0.15, -0.1) is 6.58 Å². The molecule has 1 saturated heterocycles. The van der Waals surface area contributed by atoms with E-state index >= 15 is 0 Å². The Labute approximate surface area is 213 Å². The van der Waals surface area contributed by atoms with Crippen LogP contribution in [0, 0.1) is 0 Å². The normalized spacial score (nSPS) is 17.4. The van der Waals surface area contributed by atoms with Crippen molar-refractivity contribution in [1.82, 2.24) is 20.3 Å². The lowest BCUT2D eigenvalue weighted by Gasteiger charge is -2.33. The van der Waals surface area contributed by atoms with Crippen LogP contribution in [-0.2, 0) is 6.61 Å². The summed E-state index contributed by atoms with van der Waals surface area (Å²) in [7, 11) is 0. The molecule has 5 rings (SSSR count). The molecule has 1 atom stereocenters. The van der Waals surface area contributed by atoms with E-state index in [0.29, 0.717) is 31.1 Å². The molecule has 3 aromatic rings. The third-order valence-corrected chi connectivity index (χ3v) is 6.86. The van der Waals surface area contributed by atoms with Gasteiger partial charge in [-0.25, -0.2) is 0 Å². The molecule has 1 unspecified atom stereocenters. The minimum atomic E-state index is 0.266. The van der Waals surface area contributed by atoms with Gasteiger partial charge in [-0.1, -0.05) is 48.5 Å². The third-order valence-electron chi connectivity index (χ3n) is 6.86. The van der Waals surface area contributed by atoms with E-state index in [4.69, 9.17) is 4.74 Å². The highest BCUT2D eigenvalue weighted by molar-refractivity contribution is 5.47. The Bertz CT molecular complexity index is 1130. The number of para-hydroxylation sites is 1. The maximum Gasteiger partial charge on any atom is 0.231 e. The molecule has 36 heavy (non-hydrogen) atoms. The topological polar surface area (TPSA) is 87.2 Å². The number of aromatic nitrogens is 3. The largest absolute Gasteiger partial charge is 0.489 e. The van der Waals surface area contributed by atoms with Crippen LogP contribution in [0.3, 0.4) is 0 Å². The summed E-state index contributed by atoms with van der Waals surface area (Å²) in [5.41, 5.74) is 3.88. The fourth-order valence-electron chi connectivity index (χ4n) is 5.00. The van der Waals surface area contributed by atoms with Gasteiger partial charge >= 0.3 is 0 Å². The Morgan fingerprint density at radius 3 is 2.47 bits per heavy atom. The van der Waals surface area contributed by atoms with Gasteiger partial charge in [-0.2, -0.15) is 15.0 Å². The van der Waals surface area contributed by atoms with Crippen molar-refractivity contribution in [3.05, 3.63) is 77.9 Å². The lowest BCUT2D eigenvalue weighted by Crippen LogP contribution is -2.44. The summed E-state index contributed by atoms with van der Waals surface area (Å²) in [5, 5.41) is 10.3. The van der Waals surface area contributed by atoms with E-state index in [2.05, 4.69) is 90.9 Å². The summed E-state index contributed by atoms with van der Waals surface area (Å²) in [6.07, 6.45) is 3.86. The number of ether oxygens (including phenoxy) is 1. The number of hydrogen-bond acceptors (Lipinski definition) is 8. The predicted octanol–water partition coefficient (Wildman–Crippen LogP) is 4.18. The fourth-order valence-corrected chi connectivity index (χ4v) is 5.00. The molecular weight excluding hydrogens is 450 g/mol. The molecule has 188 valence electrons. The summed E-state index contributed by atoms with van der Waals surface area (Å²) >= 11 is 0. The average molecular weight is 486 g/mol. The maximum atomic E-state index is 6.15. The highest BCUT2D eigenvalue weighted by atomic mass is 16.5. The summed E-state index contributed by atoms with van der Waals surface area (Å²) in [6.45, 7) is 10.5. The standard InChI is InChI=1S/C28H35N7O/c1-3-15-30-27-32-26(29-4-2)33-28(34-27)35-16-13-21(14-17-35)31-18-24-22-10-6-5-9-20(22)19-36-25-12-8-7-11-23(24)25/h3,5-12,21,24,31H,1,4,13-19H2,2H3,(H2,29,30,32,33,34). The number of anilines is 3. The molecule has 1 aromatic heterocycles. The Balaban J connectivity index is 1.25. The summed E-state index contributed by atoms with van der Waals surface area (Å²) in [4.78, 5) is 16.0. The second-order valence-corrected chi connectivity index (χ2v) is 9.23. The van der Waals surface area contributed by atoms with Gasteiger partial charge in [0.15, 0.2) is 0 Å². The van der Waals surface area contributed by atoms with E-state index in [9.17, 15) is 0 Å². The van der Waals surface area contributed by atoms with E-state index in [0.717, 1.165) is 50.7 Å².